The maximum absolute atomic E-state index is 12.3. The highest BCUT2D eigenvalue weighted by molar-refractivity contribution is 7.99. The van der Waals surface area contributed by atoms with Crippen LogP contribution in [0.3, 0.4) is 0 Å². The van der Waals surface area contributed by atoms with E-state index < -0.39 is 0 Å². The first-order valence-corrected chi connectivity index (χ1v) is 11.0. The molecule has 0 radical (unpaired) electrons. The van der Waals surface area contributed by atoms with Crippen molar-refractivity contribution in [2.75, 3.05) is 11.1 Å². The lowest BCUT2D eigenvalue weighted by Crippen LogP contribution is -2.19. The molecular weight excluding hydrogens is 406 g/mol. The van der Waals surface area contributed by atoms with Gasteiger partial charge in [-0.25, -0.2) is 5.43 Å². The van der Waals surface area contributed by atoms with Crippen molar-refractivity contribution in [3.63, 3.8) is 0 Å². The molecule has 5 nitrogen and oxygen atoms in total. The monoisotopic (exact) mass is 431 g/mol. The molecule has 0 saturated carbocycles. The summed E-state index contributed by atoms with van der Waals surface area (Å²) in [4.78, 5) is 25.6. The van der Waals surface area contributed by atoms with Crippen LogP contribution in [-0.4, -0.2) is 23.3 Å². The fraction of sp³-hybridized carbons (Fsp3) is 0.160. The van der Waals surface area contributed by atoms with E-state index in [1.807, 2.05) is 49.4 Å². The zero-order valence-electron chi connectivity index (χ0n) is 17.6. The summed E-state index contributed by atoms with van der Waals surface area (Å²) >= 11 is 1.64. The van der Waals surface area contributed by atoms with Crippen LogP contribution in [0.25, 0.3) is 0 Å². The number of carbonyl (C=O) groups excluding carboxylic acids is 2. The molecule has 0 saturated heterocycles. The van der Waals surface area contributed by atoms with E-state index in [2.05, 4.69) is 47.0 Å². The molecule has 0 unspecified atom stereocenters. The molecule has 0 aromatic heterocycles. The van der Waals surface area contributed by atoms with E-state index in [1.165, 1.54) is 5.56 Å². The van der Waals surface area contributed by atoms with Gasteiger partial charge in [-0.15, -0.1) is 11.8 Å². The van der Waals surface area contributed by atoms with Gasteiger partial charge in [0.05, 0.1) is 5.71 Å². The average Bonchev–Trinajstić information content (AvgIpc) is 2.79. The number of hydrogen-bond donors (Lipinski definition) is 2. The first kappa shape index (κ1) is 22.3. The molecule has 0 heterocycles. The Labute approximate surface area is 187 Å². The number of nitrogens with one attached hydrogen (secondary N) is 2. The Kier molecular flexibility index (Phi) is 8.01. The number of thioether (sulfide) groups is 1. The maximum atomic E-state index is 12.3. The van der Waals surface area contributed by atoms with Gasteiger partial charge in [-0.05, 0) is 55.8 Å². The summed E-state index contributed by atoms with van der Waals surface area (Å²) in [5.41, 5.74) is 6.57. The third-order valence-electron chi connectivity index (χ3n) is 4.54. The van der Waals surface area contributed by atoms with Gasteiger partial charge >= 0.3 is 0 Å². The number of hydrazone groups is 1. The second-order valence-corrected chi connectivity index (χ2v) is 8.21. The van der Waals surface area contributed by atoms with Gasteiger partial charge in [0.1, 0.15) is 0 Å². The van der Waals surface area contributed by atoms with Gasteiger partial charge in [-0.2, -0.15) is 5.10 Å². The fourth-order valence-electron chi connectivity index (χ4n) is 2.78. The predicted molar refractivity (Wildman–Crippen MR) is 128 cm³/mol. The lowest BCUT2D eigenvalue weighted by molar-refractivity contribution is -0.120. The SMILES string of the molecule is C/C(=N/NC(=O)CCSc1ccc(C)cc1)c1cccc(NC(=O)c2ccccc2)c1. The molecule has 0 aliphatic carbocycles. The molecule has 158 valence electrons. The summed E-state index contributed by atoms with van der Waals surface area (Å²) in [6.45, 7) is 3.87. The average molecular weight is 432 g/mol. The third-order valence-corrected chi connectivity index (χ3v) is 5.56. The van der Waals surface area contributed by atoms with Gasteiger partial charge < -0.3 is 5.32 Å². The number of nitrogens with zero attached hydrogens (tertiary/aromatic N) is 1. The van der Waals surface area contributed by atoms with E-state index in [4.69, 9.17) is 0 Å². The second kappa shape index (κ2) is 11.1. The topological polar surface area (TPSA) is 70.6 Å². The molecule has 0 aliphatic rings. The number of rotatable bonds is 8. The number of anilines is 1. The smallest absolute Gasteiger partial charge is 0.255 e. The van der Waals surface area contributed by atoms with E-state index in [0.717, 1.165) is 10.5 Å². The number of amides is 2. The summed E-state index contributed by atoms with van der Waals surface area (Å²) in [6, 6.07) is 24.7. The molecule has 0 fully saturated rings. The number of carbonyl (C=O) groups is 2. The summed E-state index contributed by atoms with van der Waals surface area (Å²) in [5, 5.41) is 7.09. The van der Waals surface area contributed by atoms with E-state index in [1.54, 1.807) is 23.9 Å². The Hall–Kier alpha value is -3.38. The van der Waals surface area contributed by atoms with Crippen molar-refractivity contribution in [2.24, 2.45) is 5.10 Å². The van der Waals surface area contributed by atoms with Gasteiger partial charge in [-0.3, -0.25) is 9.59 Å². The standard InChI is InChI=1S/C25H25N3O2S/c1-18-11-13-23(14-12-18)31-16-15-24(29)28-27-19(2)21-9-6-10-22(17-21)26-25(30)20-7-4-3-5-8-20/h3-14,17H,15-16H2,1-2H3,(H,26,30)(H,28,29)/b27-19-. The molecule has 31 heavy (non-hydrogen) atoms. The Morgan fingerprint density at radius 3 is 2.35 bits per heavy atom. The van der Waals surface area contributed by atoms with Crippen molar-refractivity contribution in [1.82, 2.24) is 5.43 Å². The van der Waals surface area contributed by atoms with Crippen LogP contribution in [0.1, 0.15) is 34.8 Å². The van der Waals surface area contributed by atoms with Crippen LogP contribution in [0.5, 0.6) is 0 Å². The molecule has 0 spiro atoms. The lowest BCUT2D eigenvalue weighted by atomic mass is 10.1. The molecule has 0 atom stereocenters. The quantitative estimate of drug-likeness (QED) is 0.290. The molecular formula is C25H25N3O2S. The molecule has 2 N–H and O–H groups in total. The van der Waals surface area contributed by atoms with E-state index in [9.17, 15) is 9.59 Å². The number of aryl methyl sites for hydroxylation is 1. The molecule has 3 aromatic carbocycles. The summed E-state index contributed by atoms with van der Waals surface area (Å²) in [6.07, 6.45) is 0.377. The van der Waals surface area contributed by atoms with Gasteiger partial charge in [0.2, 0.25) is 5.91 Å². The largest absolute Gasteiger partial charge is 0.322 e. The van der Waals surface area contributed by atoms with Gasteiger partial charge in [0.25, 0.3) is 5.91 Å². The van der Waals surface area contributed by atoms with Crippen molar-refractivity contribution >= 4 is 35.0 Å². The van der Waals surface area contributed by atoms with Crippen LogP contribution in [0.15, 0.2) is 88.9 Å². The lowest BCUT2D eigenvalue weighted by Gasteiger charge is -2.08. The molecule has 2 amide bonds. The van der Waals surface area contributed by atoms with Gasteiger partial charge in [-0.1, -0.05) is 48.0 Å². The van der Waals surface area contributed by atoms with E-state index in [-0.39, 0.29) is 11.8 Å². The van der Waals surface area contributed by atoms with Gasteiger partial charge in [0, 0.05) is 28.3 Å². The first-order chi connectivity index (χ1) is 15.0. The van der Waals surface area contributed by atoms with E-state index >= 15 is 0 Å². The maximum Gasteiger partial charge on any atom is 0.255 e. The minimum absolute atomic E-state index is 0.132. The van der Waals surface area contributed by atoms with Crippen molar-refractivity contribution in [3.05, 3.63) is 95.6 Å². The van der Waals surface area contributed by atoms with Gasteiger partial charge in [0.15, 0.2) is 0 Å². The van der Waals surface area contributed by atoms with E-state index in [0.29, 0.717) is 29.1 Å². The highest BCUT2D eigenvalue weighted by Gasteiger charge is 2.07. The van der Waals surface area contributed by atoms with Crippen molar-refractivity contribution in [1.29, 1.82) is 0 Å². The van der Waals surface area contributed by atoms with Crippen LogP contribution < -0.4 is 10.7 Å². The van der Waals surface area contributed by atoms with Crippen LogP contribution in [-0.2, 0) is 4.79 Å². The van der Waals surface area contributed by atoms with Crippen LogP contribution in [0, 0.1) is 6.92 Å². The first-order valence-electron chi connectivity index (χ1n) is 10.0. The molecule has 0 bridgehead atoms. The Bertz CT molecular complexity index is 1060. The van der Waals surface area contributed by atoms with Crippen molar-refractivity contribution < 1.29 is 9.59 Å². The summed E-state index contributed by atoms with van der Waals surface area (Å²) < 4.78 is 0. The second-order valence-electron chi connectivity index (χ2n) is 7.04. The Morgan fingerprint density at radius 1 is 0.903 bits per heavy atom. The third kappa shape index (κ3) is 7.12. The summed E-state index contributed by atoms with van der Waals surface area (Å²) in [7, 11) is 0. The predicted octanol–water partition coefficient (Wildman–Crippen LogP) is 5.27. The molecule has 0 aliphatic heterocycles. The van der Waals surface area contributed by atoms with Crippen LogP contribution >= 0.6 is 11.8 Å². The van der Waals surface area contributed by atoms with Crippen LogP contribution in [0.2, 0.25) is 0 Å². The minimum Gasteiger partial charge on any atom is -0.322 e. The molecule has 3 aromatic rings. The highest BCUT2D eigenvalue weighted by atomic mass is 32.2. The number of benzene rings is 3. The minimum atomic E-state index is -0.174. The normalized spacial score (nSPS) is 11.1. The van der Waals surface area contributed by atoms with Crippen molar-refractivity contribution in [3.8, 4) is 0 Å². The van der Waals surface area contributed by atoms with Crippen molar-refractivity contribution in [2.45, 2.75) is 25.2 Å². The molecule has 3 rings (SSSR count). The summed E-state index contributed by atoms with van der Waals surface area (Å²) in [5.74, 6) is 0.379. The Morgan fingerprint density at radius 2 is 1.61 bits per heavy atom. The Balaban J connectivity index is 1.51. The zero-order chi connectivity index (χ0) is 22.1. The fourth-order valence-corrected chi connectivity index (χ4v) is 3.63. The highest BCUT2D eigenvalue weighted by Crippen LogP contribution is 2.19. The zero-order valence-corrected chi connectivity index (χ0v) is 18.4. The number of hydrogen-bond acceptors (Lipinski definition) is 4. The van der Waals surface area contributed by atoms with Crippen LogP contribution in [0.4, 0.5) is 5.69 Å². The molecule has 6 heteroatoms.